The van der Waals surface area contributed by atoms with Crippen LogP contribution in [-0.2, 0) is 19.4 Å². The first kappa shape index (κ1) is 22.8. The molecule has 4 rings (SSSR count). The molecule has 3 aromatic carbocycles. The molecule has 0 amide bonds. The van der Waals surface area contributed by atoms with E-state index in [1.165, 1.54) is 33.5 Å². The van der Waals surface area contributed by atoms with E-state index in [0.29, 0.717) is 18.4 Å². The van der Waals surface area contributed by atoms with E-state index >= 15 is 0 Å². The molecular weight excluding hydrogens is 404 g/mol. The fourth-order valence-electron chi connectivity index (χ4n) is 5.04. The number of hydrogen-bond acceptors (Lipinski definition) is 3. The second-order valence-corrected chi connectivity index (χ2v) is 9.03. The van der Waals surface area contributed by atoms with Crippen molar-refractivity contribution in [3.05, 3.63) is 112 Å². The first-order valence-electron chi connectivity index (χ1n) is 11.7. The van der Waals surface area contributed by atoms with Gasteiger partial charge in [-0.25, -0.2) is 0 Å². The normalized spacial score (nSPS) is 17.3. The molecule has 2 unspecified atom stereocenters. The number of benzene rings is 3. The summed E-state index contributed by atoms with van der Waals surface area (Å²) in [7, 11) is 1.98. The average molecular weight is 439 g/mol. The third kappa shape index (κ3) is 5.01. The van der Waals surface area contributed by atoms with Gasteiger partial charge < -0.3 is 16.8 Å². The van der Waals surface area contributed by atoms with Crippen LogP contribution in [0.5, 0.6) is 0 Å². The van der Waals surface area contributed by atoms with E-state index < -0.39 is 0 Å². The van der Waals surface area contributed by atoms with E-state index in [9.17, 15) is 0 Å². The summed E-state index contributed by atoms with van der Waals surface area (Å²) in [5.74, 6) is 0.953. The maximum absolute atomic E-state index is 8.16. The van der Waals surface area contributed by atoms with Crippen LogP contribution in [0, 0.1) is 18.3 Å². The summed E-state index contributed by atoms with van der Waals surface area (Å²) in [6.07, 6.45) is 7.39. The molecule has 6 N–H and O–H groups in total. The summed E-state index contributed by atoms with van der Waals surface area (Å²) in [6.45, 7) is 2.70. The molecule has 0 spiro atoms. The Kier molecular flexibility index (Phi) is 6.95. The van der Waals surface area contributed by atoms with Gasteiger partial charge in [-0.05, 0) is 83.5 Å². The molecule has 1 aliphatic rings. The number of amidine groups is 1. The van der Waals surface area contributed by atoms with Crippen molar-refractivity contribution in [1.82, 2.24) is 0 Å². The second kappa shape index (κ2) is 10.1. The van der Waals surface area contributed by atoms with Gasteiger partial charge in [0.05, 0.1) is 0 Å². The van der Waals surface area contributed by atoms with Crippen LogP contribution < -0.4 is 16.8 Å². The number of nitrogens with two attached hydrogens (primary N) is 2. The average Bonchev–Trinajstić information content (AvgIpc) is 3.28. The van der Waals surface area contributed by atoms with Crippen molar-refractivity contribution in [3.8, 4) is 0 Å². The van der Waals surface area contributed by atoms with E-state index in [4.69, 9.17) is 16.9 Å². The second-order valence-electron chi connectivity index (χ2n) is 9.03. The van der Waals surface area contributed by atoms with Crippen molar-refractivity contribution in [2.75, 3.05) is 12.4 Å². The Hall–Kier alpha value is -3.37. The van der Waals surface area contributed by atoms with Crippen LogP contribution in [0.1, 0.15) is 51.3 Å². The minimum absolute atomic E-state index is 0.131. The van der Waals surface area contributed by atoms with Gasteiger partial charge in [0.15, 0.2) is 0 Å². The zero-order chi connectivity index (χ0) is 23.4. The fraction of sp³-hybridized carbons (Fsp3) is 0.276. The van der Waals surface area contributed by atoms with E-state index in [0.717, 1.165) is 30.4 Å². The van der Waals surface area contributed by atoms with Gasteiger partial charge >= 0.3 is 0 Å². The zero-order valence-electron chi connectivity index (χ0n) is 19.6. The number of hydrogen-bond donors (Lipinski definition) is 4. The van der Waals surface area contributed by atoms with Crippen molar-refractivity contribution < 1.29 is 0 Å². The minimum Gasteiger partial charge on any atom is -0.388 e. The number of allylic oxidation sites excluding steroid dienone is 2. The lowest BCUT2D eigenvalue weighted by molar-refractivity contribution is 0.539. The number of rotatable bonds is 8. The van der Waals surface area contributed by atoms with Gasteiger partial charge in [-0.3, -0.25) is 5.41 Å². The van der Waals surface area contributed by atoms with Gasteiger partial charge in [-0.15, -0.1) is 0 Å². The topological polar surface area (TPSA) is 87.9 Å². The van der Waals surface area contributed by atoms with Crippen LogP contribution in [0.25, 0.3) is 0 Å². The Labute approximate surface area is 197 Å². The van der Waals surface area contributed by atoms with E-state index in [-0.39, 0.29) is 5.84 Å². The fourth-order valence-corrected chi connectivity index (χ4v) is 5.04. The monoisotopic (exact) mass is 438 g/mol. The predicted octanol–water partition coefficient (Wildman–Crippen LogP) is 5.27. The van der Waals surface area contributed by atoms with Gasteiger partial charge in [0.25, 0.3) is 0 Å². The van der Waals surface area contributed by atoms with E-state index in [1.807, 2.05) is 25.2 Å². The smallest absolute Gasteiger partial charge is 0.123 e. The van der Waals surface area contributed by atoms with Crippen molar-refractivity contribution in [3.63, 3.8) is 0 Å². The number of anilines is 1. The van der Waals surface area contributed by atoms with Crippen LogP contribution in [0.4, 0.5) is 5.69 Å². The first-order chi connectivity index (χ1) is 16.0. The van der Waals surface area contributed by atoms with Gasteiger partial charge in [0.2, 0.25) is 0 Å². The first-order valence-corrected chi connectivity index (χ1v) is 11.7. The zero-order valence-corrected chi connectivity index (χ0v) is 19.6. The summed E-state index contributed by atoms with van der Waals surface area (Å²) in [5.41, 5.74) is 21.3. The maximum atomic E-state index is 8.16. The van der Waals surface area contributed by atoms with Gasteiger partial charge in [-0.1, -0.05) is 60.7 Å². The highest BCUT2D eigenvalue weighted by atomic mass is 14.8. The number of aryl methyl sites for hydroxylation is 1. The molecule has 0 aliphatic heterocycles. The molecule has 0 saturated carbocycles. The SMILES string of the molecule is CNc1cc(CN)c(C)cc1C1CC=CC1Cc1ccc(Cc2ccccc2)c(C(=N)N)c1. The molecule has 33 heavy (non-hydrogen) atoms. The highest BCUT2D eigenvalue weighted by Gasteiger charge is 2.27. The van der Waals surface area contributed by atoms with Crippen LogP contribution in [0.3, 0.4) is 0 Å². The minimum atomic E-state index is 0.131. The Morgan fingerprint density at radius 2 is 1.82 bits per heavy atom. The molecule has 0 bridgehead atoms. The van der Waals surface area contributed by atoms with E-state index in [1.54, 1.807) is 0 Å². The molecule has 0 aromatic heterocycles. The van der Waals surface area contributed by atoms with Gasteiger partial charge in [0, 0.05) is 24.8 Å². The third-order valence-corrected chi connectivity index (χ3v) is 6.86. The largest absolute Gasteiger partial charge is 0.388 e. The lowest BCUT2D eigenvalue weighted by Crippen LogP contribution is -2.16. The molecule has 170 valence electrons. The Morgan fingerprint density at radius 3 is 2.52 bits per heavy atom. The summed E-state index contributed by atoms with van der Waals surface area (Å²) in [6, 6.07) is 21.3. The lowest BCUT2D eigenvalue weighted by atomic mass is 9.82. The highest BCUT2D eigenvalue weighted by molar-refractivity contribution is 5.96. The number of nitrogens with one attached hydrogen (secondary N) is 2. The predicted molar refractivity (Wildman–Crippen MR) is 139 cm³/mol. The molecule has 0 radical (unpaired) electrons. The Balaban J connectivity index is 1.59. The molecule has 0 heterocycles. The summed E-state index contributed by atoms with van der Waals surface area (Å²) >= 11 is 0. The summed E-state index contributed by atoms with van der Waals surface area (Å²) in [5, 5.41) is 11.5. The molecule has 0 fully saturated rings. The van der Waals surface area contributed by atoms with Crippen LogP contribution in [-0.4, -0.2) is 12.9 Å². The molecule has 3 aromatic rings. The van der Waals surface area contributed by atoms with Crippen molar-refractivity contribution in [2.45, 2.75) is 38.6 Å². The molecule has 4 heteroatoms. The molecular formula is C29H34N4. The van der Waals surface area contributed by atoms with Crippen molar-refractivity contribution >= 4 is 11.5 Å². The maximum Gasteiger partial charge on any atom is 0.123 e. The van der Waals surface area contributed by atoms with Crippen molar-refractivity contribution in [1.29, 1.82) is 5.41 Å². The van der Waals surface area contributed by atoms with Crippen LogP contribution in [0.2, 0.25) is 0 Å². The number of nitrogen functional groups attached to an aromatic ring is 1. The summed E-state index contributed by atoms with van der Waals surface area (Å²) < 4.78 is 0. The Bertz CT molecular complexity index is 1160. The molecule has 4 nitrogen and oxygen atoms in total. The van der Waals surface area contributed by atoms with Crippen LogP contribution in [0.15, 0.2) is 72.8 Å². The van der Waals surface area contributed by atoms with E-state index in [2.05, 4.69) is 66.9 Å². The van der Waals surface area contributed by atoms with Crippen LogP contribution >= 0.6 is 0 Å². The molecule has 2 atom stereocenters. The lowest BCUT2D eigenvalue weighted by Gasteiger charge is -2.24. The highest BCUT2D eigenvalue weighted by Crippen LogP contribution is 2.41. The van der Waals surface area contributed by atoms with Gasteiger partial charge in [0.1, 0.15) is 5.84 Å². The Morgan fingerprint density at radius 1 is 1.03 bits per heavy atom. The third-order valence-electron chi connectivity index (χ3n) is 6.86. The standard InChI is InChI=1S/C29H34N4/c1-19-13-27(28(33-2)17-24(19)18-30)25-10-6-9-22(25)15-21-11-12-23(26(16-21)29(31)32)14-20-7-4-3-5-8-20/h3-9,11-13,16-17,22,25,33H,10,14-15,18,30H2,1-2H3,(H3,31,32). The van der Waals surface area contributed by atoms with Gasteiger partial charge in [-0.2, -0.15) is 0 Å². The van der Waals surface area contributed by atoms with Crippen molar-refractivity contribution in [2.24, 2.45) is 17.4 Å². The summed E-state index contributed by atoms with van der Waals surface area (Å²) in [4.78, 5) is 0. The molecule has 0 saturated heterocycles. The quantitative estimate of drug-likeness (QED) is 0.219. The molecule has 1 aliphatic carbocycles.